The van der Waals surface area contributed by atoms with Gasteiger partial charge >= 0.3 is 0 Å². The van der Waals surface area contributed by atoms with Crippen molar-refractivity contribution in [2.75, 3.05) is 0 Å². The van der Waals surface area contributed by atoms with Gasteiger partial charge in [0.15, 0.2) is 0 Å². The van der Waals surface area contributed by atoms with Gasteiger partial charge in [0.1, 0.15) is 0 Å². The largest absolute Gasteiger partial charge is 0.0912 e. The van der Waals surface area contributed by atoms with Crippen LogP contribution >= 0.6 is 0 Å². The van der Waals surface area contributed by atoms with Crippen molar-refractivity contribution in [3.05, 3.63) is 95.6 Å². The van der Waals surface area contributed by atoms with Gasteiger partial charge in [-0.05, 0) is 36.1 Å². The average molecular weight is 260 g/mol. The third kappa shape index (κ3) is 3.58. The highest BCUT2D eigenvalue weighted by Gasteiger charge is 2.00. The zero-order valence-corrected chi connectivity index (χ0v) is 12.2. The molecule has 0 unspecified atom stereocenters. The molecule has 0 spiro atoms. The van der Waals surface area contributed by atoms with Crippen LogP contribution in [0.3, 0.4) is 0 Å². The van der Waals surface area contributed by atoms with E-state index in [1.54, 1.807) is 0 Å². The Hall–Kier alpha value is -2.34. The highest BCUT2D eigenvalue weighted by atomic mass is 14.0. The van der Waals surface area contributed by atoms with Crippen LogP contribution in [-0.2, 0) is 0 Å². The predicted molar refractivity (Wildman–Crippen MR) is 89.6 cm³/mol. The summed E-state index contributed by atoms with van der Waals surface area (Å²) in [4.78, 5) is 0. The maximum Gasteiger partial charge on any atom is -0.0184 e. The monoisotopic (exact) mass is 260 g/mol. The number of allylic oxidation sites excluding steroid dienone is 3. The maximum atomic E-state index is 4.13. The zero-order valence-electron chi connectivity index (χ0n) is 12.2. The fraction of sp³-hybridized carbons (Fsp3) is 0.100. The number of rotatable bonds is 4. The lowest BCUT2D eigenvalue weighted by molar-refractivity contribution is 1.45. The van der Waals surface area contributed by atoms with Crippen molar-refractivity contribution >= 4 is 11.6 Å². The number of hydrogen-bond donors (Lipinski definition) is 0. The van der Waals surface area contributed by atoms with Gasteiger partial charge in [-0.25, -0.2) is 0 Å². The van der Waals surface area contributed by atoms with Crippen molar-refractivity contribution in [1.29, 1.82) is 0 Å². The summed E-state index contributed by atoms with van der Waals surface area (Å²) in [5.41, 5.74) is 6.72. The van der Waals surface area contributed by atoms with E-state index in [0.717, 1.165) is 16.7 Å². The van der Waals surface area contributed by atoms with Crippen LogP contribution in [0.2, 0.25) is 0 Å². The van der Waals surface area contributed by atoms with E-state index in [2.05, 4.69) is 81.6 Å². The molecule has 0 heterocycles. The third-order valence-corrected chi connectivity index (χ3v) is 3.31. The Morgan fingerprint density at radius 3 is 2.25 bits per heavy atom. The Bertz CT molecular complexity index is 655. The first-order valence-corrected chi connectivity index (χ1v) is 6.76. The third-order valence-electron chi connectivity index (χ3n) is 3.31. The van der Waals surface area contributed by atoms with Crippen LogP contribution in [0.15, 0.2) is 73.3 Å². The van der Waals surface area contributed by atoms with Crippen molar-refractivity contribution in [2.45, 2.75) is 13.8 Å². The van der Waals surface area contributed by atoms with Crippen molar-refractivity contribution in [2.24, 2.45) is 0 Å². The number of benzene rings is 2. The summed E-state index contributed by atoms with van der Waals surface area (Å²) >= 11 is 0. The molecule has 0 aliphatic heterocycles. The first-order valence-electron chi connectivity index (χ1n) is 6.76. The van der Waals surface area contributed by atoms with E-state index in [1.165, 1.54) is 16.7 Å². The fourth-order valence-electron chi connectivity index (χ4n) is 2.01. The molecule has 0 bridgehead atoms. The molecule has 0 amide bonds. The molecule has 0 fully saturated rings. The summed E-state index contributed by atoms with van der Waals surface area (Å²) < 4.78 is 0. The molecule has 2 rings (SSSR count). The topological polar surface area (TPSA) is 0 Å². The molecule has 20 heavy (non-hydrogen) atoms. The van der Waals surface area contributed by atoms with Gasteiger partial charge in [0, 0.05) is 0 Å². The molecule has 0 aliphatic rings. The molecule has 0 saturated carbocycles. The highest BCUT2D eigenvalue weighted by Crippen LogP contribution is 2.22. The van der Waals surface area contributed by atoms with Crippen molar-refractivity contribution in [3.8, 4) is 0 Å². The Morgan fingerprint density at radius 2 is 1.60 bits per heavy atom. The molecule has 2 aromatic rings. The second kappa shape index (κ2) is 6.21. The summed E-state index contributed by atoms with van der Waals surface area (Å²) in [6, 6.07) is 16.8. The van der Waals surface area contributed by atoms with E-state index in [0.29, 0.717) is 0 Å². The maximum absolute atomic E-state index is 4.13. The van der Waals surface area contributed by atoms with E-state index in [-0.39, 0.29) is 0 Å². The molecule has 0 heteroatoms. The number of aryl methyl sites for hydroxylation is 2. The Kier molecular flexibility index (Phi) is 4.37. The first-order chi connectivity index (χ1) is 9.56. The second-order valence-corrected chi connectivity index (χ2v) is 5.12. The quantitative estimate of drug-likeness (QED) is 0.629. The first kappa shape index (κ1) is 14.1. The summed E-state index contributed by atoms with van der Waals surface area (Å²) in [6.45, 7) is 12.4. The van der Waals surface area contributed by atoms with Crippen molar-refractivity contribution in [3.63, 3.8) is 0 Å². The van der Waals surface area contributed by atoms with Crippen LogP contribution in [0.1, 0.15) is 22.3 Å². The molecule has 0 aliphatic carbocycles. The molecule has 0 atom stereocenters. The minimum Gasteiger partial charge on any atom is -0.0912 e. The van der Waals surface area contributed by atoms with E-state index >= 15 is 0 Å². The second-order valence-electron chi connectivity index (χ2n) is 5.12. The molecule has 0 saturated heterocycles. The summed E-state index contributed by atoms with van der Waals surface area (Å²) in [5.74, 6) is 0. The van der Waals surface area contributed by atoms with Crippen LogP contribution < -0.4 is 0 Å². The minimum absolute atomic E-state index is 0.940. The molecular weight excluding hydrogens is 240 g/mol. The van der Waals surface area contributed by atoms with Gasteiger partial charge in [-0.15, -0.1) is 0 Å². The molecule has 0 N–H and O–H groups in total. The van der Waals surface area contributed by atoms with Gasteiger partial charge in [0.25, 0.3) is 0 Å². The lowest BCUT2D eigenvalue weighted by Gasteiger charge is -2.06. The molecule has 2 aromatic carbocycles. The molecular formula is C20H20. The Labute approximate surface area is 121 Å². The van der Waals surface area contributed by atoms with Crippen molar-refractivity contribution in [1.82, 2.24) is 0 Å². The van der Waals surface area contributed by atoms with Crippen LogP contribution in [0.5, 0.6) is 0 Å². The van der Waals surface area contributed by atoms with Crippen molar-refractivity contribution < 1.29 is 0 Å². The fourth-order valence-corrected chi connectivity index (χ4v) is 2.01. The van der Waals surface area contributed by atoms with E-state index in [9.17, 15) is 0 Å². The summed E-state index contributed by atoms with van der Waals surface area (Å²) in [7, 11) is 0. The summed E-state index contributed by atoms with van der Waals surface area (Å²) in [5, 5.41) is 0. The number of hydrogen-bond acceptors (Lipinski definition) is 0. The minimum atomic E-state index is 0.940. The molecule has 0 aromatic heterocycles. The normalized spacial score (nSPS) is 10.7. The smallest absolute Gasteiger partial charge is 0.0184 e. The average Bonchev–Trinajstić information content (AvgIpc) is 2.45. The SMILES string of the molecule is C=C(/C=C/c1cccc(C)c1)C(=C)c1ccc(C)cc1. The van der Waals surface area contributed by atoms with E-state index in [4.69, 9.17) is 0 Å². The predicted octanol–water partition coefficient (Wildman–Crippen LogP) is 5.59. The molecule has 0 nitrogen and oxygen atoms in total. The van der Waals surface area contributed by atoms with Gasteiger partial charge in [-0.2, -0.15) is 0 Å². The van der Waals surface area contributed by atoms with E-state index in [1.807, 2.05) is 6.08 Å². The van der Waals surface area contributed by atoms with Crippen LogP contribution in [0.25, 0.3) is 11.6 Å². The van der Waals surface area contributed by atoms with Gasteiger partial charge in [-0.1, -0.05) is 85.0 Å². The lowest BCUT2D eigenvalue weighted by Crippen LogP contribution is -1.85. The Morgan fingerprint density at radius 1 is 0.900 bits per heavy atom. The zero-order chi connectivity index (χ0) is 14.5. The molecule has 0 radical (unpaired) electrons. The summed E-state index contributed by atoms with van der Waals surface area (Å²) in [6.07, 6.45) is 4.10. The van der Waals surface area contributed by atoms with Gasteiger partial charge in [-0.3, -0.25) is 0 Å². The lowest BCUT2D eigenvalue weighted by atomic mass is 9.99. The van der Waals surface area contributed by atoms with Crippen LogP contribution in [0, 0.1) is 13.8 Å². The van der Waals surface area contributed by atoms with E-state index < -0.39 is 0 Å². The Balaban J connectivity index is 2.12. The molecule has 100 valence electrons. The highest BCUT2D eigenvalue weighted by molar-refractivity contribution is 5.81. The van der Waals surface area contributed by atoms with Crippen LogP contribution in [0.4, 0.5) is 0 Å². The van der Waals surface area contributed by atoms with Gasteiger partial charge in [0.2, 0.25) is 0 Å². The van der Waals surface area contributed by atoms with Gasteiger partial charge < -0.3 is 0 Å². The standard InChI is InChI=1S/C20H20/c1-15-8-12-20(13-9-15)18(4)17(3)10-11-19-7-5-6-16(2)14-19/h5-14H,3-4H2,1-2H3/b11-10+. The van der Waals surface area contributed by atoms with Gasteiger partial charge in [0.05, 0.1) is 0 Å². The van der Waals surface area contributed by atoms with Crippen LogP contribution in [-0.4, -0.2) is 0 Å².